The van der Waals surface area contributed by atoms with Gasteiger partial charge in [-0.05, 0) is 35.8 Å². The molecule has 1 saturated carbocycles. The highest BCUT2D eigenvalue weighted by Crippen LogP contribution is 2.41. The van der Waals surface area contributed by atoms with Crippen LogP contribution < -0.4 is 5.73 Å². The van der Waals surface area contributed by atoms with E-state index in [1.807, 2.05) is 0 Å². The van der Waals surface area contributed by atoms with Gasteiger partial charge in [0.05, 0.1) is 6.61 Å². The molecular formula is C17H27NO. The Morgan fingerprint density at radius 2 is 1.89 bits per heavy atom. The fraction of sp³-hybridized carbons (Fsp3) is 0.647. The summed E-state index contributed by atoms with van der Waals surface area (Å²) in [6, 6.07) is 8.80. The summed E-state index contributed by atoms with van der Waals surface area (Å²) in [7, 11) is 0. The summed E-state index contributed by atoms with van der Waals surface area (Å²) in [6.45, 7) is 5.19. The van der Waals surface area contributed by atoms with Crippen LogP contribution >= 0.6 is 0 Å². The third-order valence-electron chi connectivity index (χ3n) is 4.41. The number of aliphatic hydroxyl groups is 1. The summed E-state index contributed by atoms with van der Waals surface area (Å²) in [5.74, 6) is 1.36. The maximum atomic E-state index is 9.78. The molecule has 0 bridgehead atoms. The molecule has 1 aromatic rings. The van der Waals surface area contributed by atoms with Gasteiger partial charge in [0.15, 0.2) is 0 Å². The lowest BCUT2D eigenvalue weighted by Gasteiger charge is -2.31. The lowest BCUT2D eigenvalue weighted by molar-refractivity contribution is 0.115. The molecule has 0 aliphatic heterocycles. The Kier molecular flexibility index (Phi) is 4.64. The second-order valence-corrected chi connectivity index (χ2v) is 6.58. The quantitative estimate of drug-likeness (QED) is 0.792. The molecule has 2 nitrogen and oxygen atoms in total. The van der Waals surface area contributed by atoms with Gasteiger partial charge in [-0.1, -0.05) is 51.0 Å². The van der Waals surface area contributed by atoms with E-state index in [1.165, 1.54) is 24.0 Å². The van der Waals surface area contributed by atoms with Crippen molar-refractivity contribution in [3.05, 3.63) is 35.4 Å². The van der Waals surface area contributed by atoms with Gasteiger partial charge in [-0.2, -0.15) is 0 Å². The zero-order valence-electron chi connectivity index (χ0n) is 12.2. The smallest absolute Gasteiger partial charge is 0.0502 e. The van der Waals surface area contributed by atoms with Gasteiger partial charge in [0.25, 0.3) is 0 Å². The largest absolute Gasteiger partial charge is 0.396 e. The standard InChI is InChI=1S/C17H27NO/c1-13(2)16-7-5-15(6-8-16)10-17(11-18,12-19)9-14-3-4-14/h5-8,13-14,19H,3-4,9-12,18H2,1-2H3. The van der Waals surface area contributed by atoms with E-state index in [4.69, 9.17) is 5.73 Å². The number of rotatable bonds is 7. The zero-order valence-corrected chi connectivity index (χ0v) is 12.2. The lowest BCUT2D eigenvalue weighted by atomic mass is 9.77. The molecule has 2 rings (SSSR count). The van der Waals surface area contributed by atoms with E-state index < -0.39 is 0 Å². The van der Waals surface area contributed by atoms with E-state index >= 15 is 0 Å². The van der Waals surface area contributed by atoms with Crippen molar-refractivity contribution in [3.8, 4) is 0 Å². The fourth-order valence-corrected chi connectivity index (χ4v) is 2.80. The molecule has 1 aromatic carbocycles. The van der Waals surface area contributed by atoms with Crippen molar-refractivity contribution in [2.45, 2.75) is 45.4 Å². The Bertz CT molecular complexity index is 388. The second-order valence-electron chi connectivity index (χ2n) is 6.58. The first-order chi connectivity index (χ1) is 9.08. The Hall–Kier alpha value is -0.860. The minimum Gasteiger partial charge on any atom is -0.396 e. The Labute approximate surface area is 117 Å². The highest BCUT2D eigenvalue weighted by molar-refractivity contribution is 5.25. The molecule has 0 aromatic heterocycles. The van der Waals surface area contributed by atoms with Crippen LogP contribution in [0.4, 0.5) is 0 Å². The number of aliphatic hydroxyl groups excluding tert-OH is 1. The van der Waals surface area contributed by atoms with Crippen LogP contribution in [0.15, 0.2) is 24.3 Å². The predicted molar refractivity (Wildman–Crippen MR) is 80.1 cm³/mol. The van der Waals surface area contributed by atoms with Crippen LogP contribution in [0.25, 0.3) is 0 Å². The van der Waals surface area contributed by atoms with E-state index in [0.717, 1.165) is 18.8 Å². The molecule has 106 valence electrons. The van der Waals surface area contributed by atoms with Gasteiger partial charge in [-0.3, -0.25) is 0 Å². The van der Waals surface area contributed by atoms with Crippen LogP contribution in [0.5, 0.6) is 0 Å². The molecule has 0 saturated heterocycles. The summed E-state index contributed by atoms with van der Waals surface area (Å²) in [4.78, 5) is 0. The summed E-state index contributed by atoms with van der Waals surface area (Å²) in [5.41, 5.74) is 8.51. The van der Waals surface area contributed by atoms with E-state index in [1.54, 1.807) is 0 Å². The van der Waals surface area contributed by atoms with Crippen molar-refractivity contribution in [1.29, 1.82) is 0 Å². The van der Waals surface area contributed by atoms with Gasteiger partial charge in [-0.15, -0.1) is 0 Å². The molecule has 19 heavy (non-hydrogen) atoms. The monoisotopic (exact) mass is 261 g/mol. The van der Waals surface area contributed by atoms with Crippen molar-refractivity contribution in [2.24, 2.45) is 17.1 Å². The number of hydrogen-bond acceptors (Lipinski definition) is 2. The molecule has 0 amide bonds. The van der Waals surface area contributed by atoms with Crippen molar-refractivity contribution in [3.63, 3.8) is 0 Å². The first kappa shape index (κ1) is 14.5. The molecule has 2 heteroatoms. The van der Waals surface area contributed by atoms with Crippen LogP contribution in [0.3, 0.4) is 0 Å². The normalized spacial score (nSPS) is 18.6. The van der Waals surface area contributed by atoms with Gasteiger partial charge in [0.1, 0.15) is 0 Å². The molecule has 1 fully saturated rings. The molecule has 0 heterocycles. The molecular weight excluding hydrogens is 234 g/mol. The van der Waals surface area contributed by atoms with E-state index in [9.17, 15) is 5.11 Å². The third kappa shape index (κ3) is 3.80. The Morgan fingerprint density at radius 1 is 1.26 bits per heavy atom. The highest BCUT2D eigenvalue weighted by atomic mass is 16.3. The zero-order chi connectivity index (χ0) is 13.9. The predicted octanol–water partition coefficient (Wildman–Crippen LogP) is 3.09. The maximum Gasteiger partial charge on any atom is 0.0502 e. The fourth-order valence-electron chi connectivity index (χ4n) is 2.80. The third-order valence-corrected chi connectivity index (χ3v) is 4.41. The molecule has 1 unspecified atom stereocenters. The van der Waals surface area contributed by atoms with Crippen LogP contribution in [0.1, 0.15) is 50.2 Å². The molecule has 1 atom stereocenters. The molecule has 1 aliphatic carbocycles. The molecule has 0 radical (unpaired) electrons. The topological polar surface area (TPSA) is 46.2 Å². The van der Waals surface area contributed by atoms with E-state index in [-0.39, 0.29) is 12.0 Å². The average Bonchev–Trinajstić information content (AvgIpc) is 3.22. The van der Waals surface area contributed by atoms with Gasteiger partial charge in [0, 0.05) is 12.0 Å². The van der Waals surface area contributed by atoms with Crippen molar-refractivity contribution in [2.75, 3.05) is 13.2 Å². The van der Waals surface area contributed by atoms with Crippen LogP contribution in [0, 0.1) is 11.3 Å². The van der Waals surface area contributed by atoms with Crippen LogP contribution in [0.2, 0.25) is 0 Å². The summed E-state index contributed by atoms with van der Waals surface area (Å²) >= 11 is 0. The van der Waals surface area contributed by atoms with Gasteiger partial charge >= 0.3 is 0 Å². The van der Waals surface area contributed by atoms with Gasteiger partial charge in [-0.25, -0.2) is 0 Å². The Morgan fingerprint density at radius 3 is 2.32 bits per heavy atom. The summed E-state index contributed by atoms with van der Waals surface area (Å²) in [5, 5.41) is 9.78. The lowest BCUT2D eigenvalue weighted by Crippen LogP contribution is -2.37. The highest BCUT2D eigenvalue weighted by Gasteiger charge is 2.35. The van der Waals surface area contributed by atoms with Crippen molar-refractivity contribution < 1.29 is 5.11 Å². The molecule has 1 aliphatic rings. The number of hydrogen-bond donors (Lipinski definition) is 2. The second kappa shape index (κ2) is 6.06. The number of benzene rings is 1. The summed E-state index contributed by atoms with van der Waals surface area (Å²) < 4.78 is 0. The Balaban J connectivity index is 2.07. The van der Waals surface area contributed by atoms with Crippen LogP contribution in [-0.2, 0) is 6.42 Å². The summed E-state index contributed by atoms with van der Waals surface area (Å²) in [6.07, 6.45) is 4.60. The first-order valence-corrected chi connectivity index (χ1v) is 7.48. The van der Waals surface area contributed by atoms with Gasteiger partial charge < -0.3 is 10.8 Å². The van der Waals surface area contributed by atoms with Crippen molar-refractivity contribution in [1.82, 2.24) is 0 Å². The van der Waals surface area contributed by atoms with E-state index in [2.05, 4.69) is 38.1 Å². The minimum absolute atomic E-state index is 0.111. The maximum absolute atomic E-state index is 9.78. The minimum atomic E-state index is -0.111. The average molecular weight is 261 g/mol. The molecule has 3 N–H and O–H groups in total. The molecule has 0 spiro atoms. The van der Waals surface area contributed by atoms with Crippen molar-refractivity contribution >= 4 is 0 Å². The van der Waals surface area contributed by atoms with Gasteiger partial charge in [0.2, 0.25) is 0 Å². The van der Waals surface area contributed by atoms with E-state index in [0.29, 0.717) is 12.5 Å². The van der Waals surface area contributed by atoms with Crippen LogP contribution in [-0.4, -0.2) is 18.3 Å². The first-order valence-electron chi connectivity index (χ1n) is 7.48. The SMILES string of the molecule is CC(C)c1ccc(CC(CN)(CO)CC2CC2)cc1. The number of nitrogens with two attached hydrogens (primary N) is 1.